The van der Waals surface area contributed by atoms with Crippen LogP contribution in [0.25, 0.3) is 0 Å². The first-order chi connectivity index (χ1) is 14.4. The Kier molecular flexibility index (Phi) is 6.66. The van der Waals surface area contributed by atoms with Crippen molar-refractivity contribution in [1.82, 2.24) is 14.7 Å². The molecule has 30 heavy (non-hydrogen) atoms. The fourth-order valence-corrected chi connectivity index (χ4v) is 4.60. The molecule has 2 atom stereocenters. The van der Waals surface area contributed by atoms with Crippen molar-refractivity contribution >= 4 is 29.1 Å². The molecule has 0 bridgehead atoms. The van der Waals surface area contributed by atoms with Gasteiger partial charge in [0, 0.05) is 61.4 Å². The van der Waals surface area contributed by atoms with Crippen molar-refractivity contribution in [3.8, 4) is 0 Å². The molecule has 2 aliphatic heterocycles. The number of amides is 1. The van der Waals surface area contributed by atoms with Crippen LogP contribution in [0.5, 0.6) is 0 Å². The molecule has 2 aromatic rings. The average molecular weight is 448 g/mol. The van der Waals surface area contributed by atoms with Gasteiger partial charge < -0.3 is 10.0 Å². The molecule has 2 aromatic carbocycles. The van der Waals surface area contributed by atoms with Crippen LogP contribution in [-0.2, 0) is 6.54 Å². The van der Waals surface area contributed by atoms with Gasteiger partial charge in [0.15, 0.2) is 0 Å². The molecule has 2 saturated heterocycles. The van der Waals surface area contributed by atoms with Crippen LogP contribution in [0.1, 0.15) is 21.5 Å². The van der Waals surface area contributed by atoms with Gasteiger partial charge in [-0.25, -0.2) is 0 Å². The maximum Gasteiger partial charge on any atom is 0.254 e. The van der Waals surface area contributed by atoms with E-state index in [-0.39, 0.29) is 11.9 Å². The van der Waals surface area contributed by atoms with Gasteiger partial charge in [0.1, 0.15) is 0 Å². The number of aryl methyl sites for hydroxylation is 1. The minimum Gasteiger partial charge on any atom is -0.390 e. The molecular formula is C23H27Cl2N3O2. The lowest BCUT2D eigenvalue weighted by Crippen LogP contribution is -2.53. The number of piperazine rings is 1. The summed E-state index contributed by atoms with van der Waals surface area (Å²) in [7, 11) is 0. The molecule has 1 N–H and O–H groups in total. The molecule has 0 saturated carbocycles. The highest BCUT2D eigenvalue weighted by atomic mass is 35.5. The fraction of sp³-hybridized carbons (Fsp3) is 0.435. The number of carbonyl (C=O) groups is 1. The molecule has 0 spiro atoms. The van der Waals surface area contributed by atoms with Crippen LogP contribution in [0.15, 0.2) is 42.5 Å². The number of benzene rings is 2. The summed E-state index contributed by atoms with van der Waals surface area (Å²) in [6, 6.07) is 13.3. The first-order valence-corrected chi connectivity index (χ1v) is 11.1. The Labute approximate surface area is 187 Å². The molecule has 0 aromatic heterocycles. The van der Waals surface area contributed by atoms with E-state index in [9.17, 15) is 9.90 Å². The van der Waals surface area contributed by atoms with Crippen molar-refractivity contribution in [2.75, 3.05) is 39.3 Å². The maximum absolute atomic E-state index is 12.9. The molecule has 160 valence electrons. The van der Waals surface area contributed by atoms with Crippen LogP contribution in [-0.4, -0.2) is 77.1 Å². The van der Waals surface area contributed by atoms with E-state index in [1.165, 1.54) is 5.56 Å². The van der Waals surface area contributed by atoms with Crippen LogP contribution in [0.2, 0.25) is 10.0 Å². The lowest BCUT2D eigenvalue weighted by molar-refractivity contribution is 0.0423. The van der Waals surface area contributed by atoms with Crippen LogP contribution >= 0.6 is 23.2 Å². The molecular weight excluding hydrogens is 421 g/mol. The second-order valence-electron chi connectivity index (χ2n) is 8.25. The number of nitrogens with zero attached hydrogens (tertiary/aromatic N) is 3. The quantitative estimate of drug-likeness (QED) is 0.780. The summed E-state index contributed by atoms with van der Waals surface area (Å²) in [6.07, 6.45) is -0.523. The second-order valence-corrected chi connectivity index (χ2v) is 9.09. The lowest BCUT2D eigenvalue weighted by atomic mass is 10.1. The number of likely N-dealkylation sites (tertiary alicyclic amines) is 1. The minimum absolute atomic E-state index is 0.0139. The Morgan fingerprint density at radius 1 is 1.03 bits per heavy atom. The predicted molar refractivity (Wildman–Crippen MR) is 120 cm³/mol. The van der Waals surface area contributed by atoms with E-state index in [0.717, 1.165) is 43.3 Å². The van der Waals surface area contributed by atoms with Gasteiger partial charge in [-0.1, -0.05) is 35.3 Å². The zero-order valence-electron chi connectivity index (χ0n) is 17.1. The monoisotopic (exact) mass is 447 g/mol. The van der Waals surface area contributed by atoms with E-state index in [0.29, 0.717) is 23.7 Å². The van der Waals surface area contributed by atoms with Crippen LogP contribution in [0, 0.1) is 6.92 Å². The number of hydrogen-bond acceptors (Lipinski definition) is 4. The second kappa shape index (κ2) is 9.25. The molecule has 2 heterocycles. The lowest BCUT2D eigenvalue weighted by Gasteiger charge is -2.38. The smallest absolute Gasteiger partial charge is 0.254 e. The molecule has 7 heteroatoms. The SMILES string of the molecule is Cc1cc(C(=O)N2C[C@@H](O)[C@H](N3CCN(Cc4ccc(Cl)cc4)CC3)C2)ccc1Cl. The summed E-state index contributed by atoms with van der Waals surface area (Å²) < 4.78 is 0. The Morgan fingerprint density at radius 3 is 2.40 bits per heavy atom. The third-order valence-electron chi connectivity index (χ3n) is 6.15. The van der Waals surface area contributed by atoms with Crippen molar-refractivity contribution in [2.45, 2.75) is 25.6 Å². The van der Waals surface area contributed by atoms with Gasteiger partial charge in [-0.15, -0.1) is 0 Å². The molecule has 0 radical (unpaired) electrons. The van der Waals surface area contributed by atoms with Crippen molar-refractivity contribution in [2.24, 2.45) is 0 Å². The summed E-state index contributed by atoms with van der Waals surface area (Å²) in [5.74, 6) is -0.0438. The Balaban J connectivity index is 1.32. The van der Waals surface area contributed by atoms with E-state index in [2.05, 4.69) is 21.9 Å². The summed E-state index contributed by atoms with van der Waals surface area (Å²) in [5.41, 5.74) is 2.76. The number of rotatable bonds is 4. The number of aliphatic hydroxyl groups is 1. The van der Waals surface area contributed by atoms with Gasteiger partial charge in [0.2, 0.25) is 0 Å². The Bertz CT molecular complexity index is 898. The first-order valence-electron chi connectivity index (χ1n) is 10.3. The standard InChI is InChI=1S/C23H27Cl2N3O2/c1-16-12-18(4-7-20(16)25)23(30)28-14-21(22(29)15-28)27-10-8-26(9-11-27)13-17-2-5-19(24)6-3-17/h2-7,12,21-22,29H,8-11,13-15H2,1H3/t21-,22-/m1/s1. The average Bonchev–Trinajstić information content (AvgIpc) is 3.13. The third-order valence-corrected chi connectivity index (χ3v) is 6.82. The number of halogens is 2. The van der Waals surface area contributed by atoms with E-state index in [1.54, 1.807) is 17.0 Å². The largest absolute Gasteiger partial charge is 0.390 e. The van der Waals surface area contributed by atoms with Gasteiger partial charge >= 0.3 is 0 Å². The first kappa shape index (κ1) is 21.6. The van der Waals surface area contributed by atoms with E-state index >= 15 is 0 Å². The molecule has 2 fully saturated rings. The fourth-order valence-electron chi connectivity index (χ4n) is 4.36. The van der Waals surface area contributed by atoms with E-state index in [1.807, 2.05) is 25.1 Å². The summed E-state index contributed by atoms with van der Waals surface area (Å²) in [5, 5.41) is 12.1. The molecule has 5 nitrogen and oxygen atoms in total. The van der Waals surface area contributed by atoms with Crippen molar-refractivity contribution < 1.29 is 9.90 Å². The topological polar surface area (TPSA) is 47.0 Å². The van der Waals surface area contributed by atoms with Gasteiger partial charge in [-0.05, 0) is 48.4 Å². The highest BCUT2D eigenvalue weighted by Gasteiger charge is 2.38. The van der Waals surface area contributed by atoms with Crippen LogP contribution in [0.3, 0.4) is 0 Å². The van der Waals surface area contributed by atoms with Gasteiger partial charge in [0.05, 0.1) is 12.1 Å². The Morgan fingerprint density at radius 2 is 1.73 bits per heavy atom. The van der Waals surface area contributed by atoms with Gasteiger partial charge in [0.25, 0.3) is 5.91 Å². The van der Waals surface area contributed by atoms with Crippen molar-refractivity contribution in [3.63, 3.8) is 0 Å². The zero-order valence-corrected chi connectivity index (χ0v) is 18.6. The third kappa shape index (κ3) is 4.82. The summed E-state index contributed by atoms with van der Waals surface area (Å²) in [6.45, 7) is 7.37. The molecule has 2 aliphatic rings. The van der Waals surface area contributed by atoms with Crippen LogP contribution in [0.4, 0.5) is 0 Å². The van der Waals surface area contributed by atoms with Gasteiger partial charge in [-0.2, -0.15) is 0 Å². The van der Waals surface area contributed by atoms with E-state index < -0.39 is 6.10 Å². The zero-order chi connectivity index (χ0) is 21.3. The Hall–Kier alpha value is -1.63. The number of aliphatic hydroxyl groups excluding tert-OH is 1. The van der Waals surface area contributed by atoms with Crippen LogP contribution < -0.4 is 0 Å². The molecule has 0 aliphatic carbocycles. The number of carbonyl (C=O) groups excluding carboxylic acids is 1. The highest BCUT2D eigenvalue weighted by Crippen LogP contribution is 2.23. The molecule has 1 amide bonds. The predicted octanol–water partition coefficient (Wildman–Crippen LogP) is 3.30. The minimum atomic E-state index is -0.523. The van der Waals surface area contributed by atoms with Crippen molar-refractivity contribution in [1.29, 1.82) is 0 Å². The highest BCUT2D eigenvalue weighted by molar-refractivity contribution is 6.31. The normalized spacial score (nSPS) is 23.1. The molecule has 4 rings (SSSR count). The summed E-state index contributed by atoms with van der Waals surface area (Å²) >= 11 is 12.1. The van der Waals surface area contributed by atoms with Crippen molar-refractivity contribution in [3.05, 3.63) is 69.2 Å². The number of β-amino-alcohol motifs (C(OH)–C–C–N with tert-alkyl or cyclic N) is 1. The van der Waals surface area contributed by atoms with Gasteiger partial charge in [-0.3, -0.25) is 14.6 Å². The van der Waals surface area contributed by atoms with E-state index in [4.69, 9.17) is 23.2 Å². The number of hydrogen-bond donors (Lipinski definition) is 1. The molecule has 0 unspecified atom stereocenters. The maximum atomic E-state index is 12.9. The summed E-state index contributed by atoms with van der Waals surface area (Å²) in [4.78, 5) is 19.4.